The topological polar surface area (TPSA) is 12.9 Å². The van der Waals surface area contributed by atoms with Gasteiger partial charge < -0.3 is 0 Å². The predicted octanol–water partition coefficient (Wildman–Crippen LogP) is 2.79. The lowest BCUT2D eigenvalue weighted by atomic mass is 10.3. The van der Waals surface area contributed by atoms with Crippen molar-refractivity contribution in [2.45, 2.75) is 18.7 Å². The molecule has 0 amide bonds. The molecule has 11 heavy (non-hydrogen) atoms. The van der Waals surface area contributed by atoms with Crippen LogP contribution in [-0.2, 0) is 0 Å². The van der Waals surface area contributed by atoms with Crippen molar-refractivity contribution >= 4 is 11.8 Å². The molecule has 0 aliphatic heterocycles. The third kappa shape index (κ3) is 3.42. The van der Waals surface area contributed by atoms with E-state index in [4.69, 9.17) is 0 Å². The summed E-state index contributed by atoms with van der Waals surface area (Å²) in [5.41, 5.74) is 0. The van der Waals surface area contributed by atoms with Crippen molar-refractivity contribution in [2.24, 2.45) is 0 Å². The van der Waals surface area contributed by atoms with E-state index in [0.29, 0.717) is 0 Å². The van der Waals surface area contributed by atoms with Gasteiger partial charge in [-0.1, -0.05) is 13.8 Å². The first-order valence-corrected chi connectivity index (χ1v) is 4.59. The molecule has 0 unspecified atom stereocenters. The maximum Gasteiger partial charge on any atom is 0.0403 e. The van der Waals surface area contributed by atoms with Crippen molar-refractivity contribution in [3.05, 3.63) is 30.4 Å². The Kier molecular flexibility index (Phi) is 3.43. The molecule has 1 radical (unpaired) electrons. The minimum Gasteiger partial charge on any atom is -0.264 e. The molecule has 59 valence electrons. The van der Waals surface area contributed by atoms with Gasteiger partial charge in [-0.25, -0.2) is 0 Å². The van der Waals surface area contributed by atoms with Crippen LogP contribution in [-0.4, -0.2) is 10.7 Å². The Morgan fingerprint density at radius 3 is 2.91 bits per heavy atom. The van der Waals surface area contributed by atoms with Gasteiger partial charge in [-0.05, 0) is 18.1 Å². The molecular weight excluding hydrogens is 154 g/mol. The summed E-state index contributed by atoms with van der Waals surface area (Å²) in [4.78, 5) is 5.28. The fourth-order valence-electron chi connectivity index (χ4n) is 0.660. The van der Waals surface area contributed by atoms with Gasteiger partial charge in [0.15, 0.2) is 0 Å². The largest absolute Gasteiger partial charge is 0.264 e. The van der Waals surface area contributed by atoms with Gasteiger partial charge in [0.05, 0.1) is 0 Å². The summed E-state index contributed by atoms with van der Waals surface area (Å²) in [6, 6.07) is 4.05. The Labute approximate surface area is 72.2 Å². The van der Waals surface area contributed by atoms with E-state index in [2.05, 4.69) is 24.9 Å². The summed E-state index contributed by atoms with van der Waals surface area (Å²) in [6.07, 6.45) is 3.69. The third-order valence-electron chi connectivity index (χ3n) is 1.16. The number of aromatic nitrogens is 1. The van der Waals surface area contributed by atoms with Gasteiger partial charge in [0.2, 0.25) is 0 Å². The van der Waals surface area contributed by atoms with Gasteiger partial charge in [-0.15, -0.1) is 11.8 Å². The highest BCUT2D eigenvalue weighted by Gasteiger charge is 1.95. The molecule has 1 aromatic rings. The second kappa shape index (κ2) is 4.39. The summed E-state index contributed by atoms with van der Waals surface area (Å²) < 4.78 is 0. The van der Waals surface area contributed by atoms with Crippen molar-refractivity contribution in [1.82, 2.24) is 4.98 Å². The maximum absolute atomic E-state index is 4.03. The zero-order valence-corrected chi connectivity index (χ0v) is 7.69. The molecule has 0 bridgehead atoms. The number of thioether (sulfide) groups is 1. The molecule has 0 N–H and O–H groups in total. The van der Waals surface area contributed by atoms with Crippen LogP contribution in [0.25, 0.3) is 0 Å². The Balaban J connectivity index is 2.39. The lowest BCUT2D eigenvalue weighted by Crippen LogP contribution is -1.87. The molecule has 2 heteroatoms. The van der Waals surface area contributed by atoms with Crippen molar-refractivity contribution in [3.63, 3.8) is 0 Å². The number of nitrogens with zero attached hydrogens (tertiary/aromatic N) is 1. The zero-order chi connectivity index (χ0) is 8.10. The SMILES string of the molecule is C[C](C)CSc1cccnc1. The summed E-state index contributed by atoms with van der Waals surface area (Å²) >= 11 is 1.83. The minimum absolute atomic E-state index is 1.09. The van der Waals surface area contributed by atoms with E-state index < -0.39 is 0 Å². The van der Waals surface area contributed by atoms with Crippen molar-refractivity contribution in [2.75, 3.05) is 5.75 Å². The number of pyridine rings is 1. The standard InChI is InChI=1S/C9H12NS/c1-8(2)7-11-9-4-3-5-10-6-9/h3-6H,7H2,1-2H3. The lowest BCUT2D eigenvalue weighted by molar-refractivity contribution is 1.11. The fraction of sp³-hybridized carbons (Fsp3) is 0.333. The normalized spacial score (nSPS) is 10.5. The molecule has 0 saturated carbocycles. The Bertz CT molecular complexity index is 196. The van der Waals surface area contributed by atoms with Crippen LogP contribution in [0.4, 0.5) is 0 Å². The van der Waals surface area contributed by atoms with Crippen molar-refractivity contribution in [3.8, 4) is 0 Å². The van der Waals surface area contributed by atoms with Crippen LogP contribution in [0.1, 0.15) is 13.8 Å². The average molecular weight is 166 g/mol. The molecule has 1 heterocycles. The van der Waals surface area contributed by atoms with Gasteiger partial charge in [0.25, 0.3) is 0 Å². The smallest absolute Gasteiger partial charge is 0.0403 e. The Hall–Kier alpha value is -0.500. The molecule has 0 aromatic carbocycles. The first-order valence-electron chi connectivity index (χ1n) is 3.61. The molecule has 0 fully saturated rings. The van der Waals surface area contributed by atoms with E-state index in [9.17, 15) is 0 Å². The predicted molar refractivity (Wildman–Crippen MR) is 49.6 cm³/mol. The second-order valence-corrected chi connectivity index (χ2v) is 3.73. The molecule has 0 saturated heterocycles. The van der Waals surface area contributed by atoms with Crippen LogP contribution in [0.5, 0.6) is 0 Å². The molecule has 0 aliphatic carbocycles. The quantitative estimate of drug-likeness (QED) is 0.640. The van der Waals surface area contributed by atoms with Crippen molar-refractivity contribution < 1.29 is 0 Å². The highest BCUT2D eigenvalue weighted by atomic mass is 32.2. The highest BCUT2D eigenvalue weighted by Crippen LogP contribution is 2.19. The maximum atomic E-state index is 4.03. The monoisotopic (exact) mass is 166 g/mol. The molecule has 1 nitrogen and oxygen atoms in total. The van der Waals surface area contributed by atoms with E-state index >= 15 is 0 Å². The van der Waals surface area contributed by atoms with E-state index in [1.807, 2.05) is 24.0 Å². The summed E-state index contributed by atoms with van der Waals surface area (Å²) in [6.45, 7) is 4.28. The Morgan fingerprint density at radius 1 is 1.55 bits per heavy atom. The fourth-order valence-corrected chi connectivity index (χ4v) is 1.43. The number of hydrogen-bond acceptors (Lipinski definition) is 2. The second-order valence-electron chi connectivity index (χ2n) is 2.68. The van der Waals surface area contributed by atoms with Crippen LogP contribution in [0.2, 0.25) is 0 Å². The van der Waals surface area contributed by atoms with E-state index in [1.54, 1.807) is 6.20 Å². The third-order valence-corrected chi connectivity index (χ3v) is 2.46. The number of hydrogen-bond donors (Lipinski definition) is 0. The first-order chi connectivity index (χ1) is 5.29. The van der Waals surface area contributed by atoms with Crippen LogP contribution in [0.3, 0.4) is 0 Å². The van der Waals surface area contributed by atoms with E-state index in [-0.39, 0.29) is 0 Å². The lowest BCUT2D eigenvalue weighted by Gasteiger charge is -2.02. The minimum atomic E-state index is 1.09. The van der Waals surface area contributed by atoms with Gasteiger partial charge >= 0.3 is 0 Å². The van der Waals surface area contributed by atoms with E-state index in [1.165, 1.54) is 10.8 Å². The van der Waals surface area contributed by atoms with Crippen LogP contribution in [0.15, 0.2) is 29.4 Å². The molecular formula is C9H12NS. The van der Waals surface area contributed by atoms with Gasteiger partial charge in [0, 0.05) is 23.0 Å². The first kappa shape index (κ1) is 8.60. The molecule has 0 aliphatic rings. The molecule has 0 spiro atoms. The molecule has 0 atom stereocenters. The average Bonchev–Trinajstić information content (AvgIpc) is 2.03. The molecule has 1 aromatic heterocycles. The number of rotatable bonds is 3. The van der Waals surface area contributed by atoms with Crippen LogP contribution < -0.4 is 0 Å². The summed E-state index contributed by atoms with van der Waals surface area (Å²) in [7, 11) is 0. The van der Waals surface area contributed by atoms with Gasteiger partial charge in [-0.2, -0.15) is 0 Å². The van der Waals surface area contributed by atoms with Gasteiger partial charge in [0.1, 0.15) is 0 Å². The zero-order valence-electron chi connectivity index (χ0n) is 6.87. The summed E-state index contributed by atoms with van der Waals surface area (Å²) in [5, 5.41) is 0. The summed E-state index contributed by atoms with van der Waals surface area (Å²) in [5.74, 6) is 2.53. The molecule has 1 rings (SSSR count). The Morgan fingerprint density at radius 2 is 2.36 bits per heavy atom. The van der Waals surface area contributed by atoms with E-state index in [0.717, 1.165) is 5.75 Å². The van der Waals surface area contributed by atoms with Crippen LogP contribution >= 0.6 is 11.8 Å². The highest BCUT2D eigenvalue weighted by molar-refractivity contribution is 7.99. The van der Waals surface area contributed by atoms with Gasteiger partial charge in [-0.3, -0.25) is 4.98 Å². The van der Waals surface area contributed by atoms with Crippen LogP contribution in [0, 0.1) is 5.92 Å². The van der Waals surface area contributed by atoms with Crippen molar-refractivity contribution in [1.29, 1.82) is 0 Å².